The molecule has 2 aromatic carbocycles. The van der Waals surface area contributed by atoms with E-state index >= 15 is 0 Å². The van der Waals surface area contributed by atoms with E-state index in [1.165, 1.54) is 33.5 Å². The first kappa shape index (κ1) is 16.5. The Labute approximate surface area is 143 Å². The molecule has 0 bridgehead atoms. The van der Waals surface area contributed by atoms with Gasteiger partial charge in [-0.3, -0.25) is 4.79 Å². The van der Waals surface area contributed by atoms with Gasteiger partial charge in [0.1, 0.15) is 22.8 Å². The van der Waals surface area contributed by atoms with Crippen LogP contribution in [0.5, 0.6) is 28.7 Å². The minimum Gasteiger partial charge on any atom is -0.507 e. The van der Waals surface area contributed by atoms with Gasteiger partial charge in [0.05, 0.1) is 37.8 Å². The summed E-state index contributed by atoms with van der Waals surface area (Å²) < 4.78 is 21.2. The Kier molecular flexibility index (Phi) is 4.14. The van der Waals surface area contributed by atoms with E-state index in [1.54, 1.807) is 12.1 Å². The van der Waals surface area contributed by atoms with E-state index in [4.69, 9.17) is 18.6 Å². The molecule has 0 atom stereocenters. The lowest BCUT2D eigenvalue weighted by Crippen LogP contribution is -1.93. The molecule has 0 radical (unpaired) electrons. The Morgan fingerprint density at radius 3 is 2.40 bits per heavy atom. The number of furan rings is 1. The number of phenols is 2. The molecule has 0 unspecified atom stereocenters. The molecule has 1 aromatic heterocycles. The first-order valence-corrected chi connectivity index (χ1v) is 7.28. The predicted octanol–water partition coefficient (Wildman–Crippen LogP) is 3.35. The number of carbonyl (C=O) groups excluding carboxylic acids is 1. The molecular formula is C18H16O7. The van der Waals surface area contributed by atoms with Crippen molar-refractivity contribution >= 4 is 17.3 Å². The molecule has 3 aromatic rings. The van der Waals surface area contributed by atoms with Crippen LogP contribution < -0.4 is 14.2 Å². The Morgan fingerprint density at radius 2 is 1.80 bits per heavy atom. The molecule has 0 amide bonds. The summed E-state index contributed by atoms with van der Waals surface area (Å²) in [5, 5.41) is 20.7. The minimum absolute atomic E-state index is 0.0907. The highest BCUT2D eigenvalue weighted by Crippen LogP contribution is 2.47. The van der Waals surface area contributed by atoms with Gasteiger partial charge in [-0.25, -0.2) is 0 Å². The molecule has 0 aliphatic rings. The number of benzene rings is 2. The third kappa shape index (κ3) is 2.50. The van der Waals surface area contributed by atoms with Crippen molar-refractivity contribution in [3.05, 3.63) is 29.8 Å². The van der Waals surface area contributed by atoms with Gasteiger partial charge in [-0.2, -0.15) is 0 Å². The zero-order valence-electron chi connectivity index (χ0n) is 13.8. The summed E-state index contributed by atoms with van der Waals surface area (Å²) in [6.07, 6.45) is 0.577. The molecule has 0 saturated heterocycles. The van der Waals surface area contributed by atoms with E-state index in [9.17, 15) is 15.0 Å². The van der Waals surface area contributed by atoms with Gasteiger partial charge >= 0.3 is 0 Å². The van der Waals surface area contributed by atoms with Crippen molar-refractivity contribution in [2.75, 3.05) is 21.3 Å². The third-order valence-electron chi connectivity index (χ3n) is 3.90. The molecule has 0 fully saturated rings. The number of hydrogen-bond acceptors (Lipinski definition) is 7. The average Bonchev–Trinajstić information content (AvgIpc) is 3.00. The lowest BCUT2D eigenvalue weighted by atomic mass is 10.0. The second-order valence-electron chi connectivity index (χ2n) is 5.18. The lowest BCUT2D eigenvalue weighted by molar-refractivity contribution is 0.112. The SMILES string of the molecule is COc1cc(O)c2c(C=O)c(-c3ccc(OC)c(O)c3OC)oc2c1. The molecular weight excluding hydrogens is 328 g/mol. The van der Waals surface area contributed by atoms with Crippen LogP contribution in [0.15, 0.2) is 28.7 Å². The fourth-order valence-electron chi connectivity index (χ4n) is 2.74. The van der Waals surface area contributed by atoms with Gasteiger partial charge < -0.3 is 28.8 Å². The summed E-state index contributed by atoms with van der Waals surface area (Å²) in [6, 6.07) is 6.06. The standard InChI is InChI=1S/C18H16O7/c1-22-9-6-12(20)15-11(8-19)17(25-14(15)7-9)10-4-5-13(23-2)16(21)18(10)24-3/h4-8,20-21H,1-3H3. The molecule has 0 spiro atoms. The Bertz CT molecular complexity index is 956. The Hall–Kier alpha value is -3.35. The zero-order valence-corrected chi connectivity index (χ0v) is 13.8. The molecule has 130 valence electrons. The largest absolute Gasteiger partial charge is 0.507 e. The quantitative estimate of drug-likeness (QED) is 0.685. The van der Waals surface area contributed by atoms with Gasteiger partial charge in [-0.15, -0.1) is 0 Å². The van der Waals surface area contributed by atoms with Crippen molar-refractivity contribution in [2.45, 2.75) is 0 Å². The van der Waals surface area contributed by atoms with Gasteiger partial charge in [0.15, 0.2) is 17.8 Å². The number of aromatic hydroxyl groups is 2. The second kappa shape index (κ2) is 6.27. The molecule has 2 N–H and O–H groups in total. The molecule has 3 rings (SSSR count). The van der Waals surface area contributed by atoms with Crippen LogP contribution in [-0.2, 0) is 0 Å². The molecule has 25 heavy (non-hydrogen) atoms. The van der Waals surface area contributed by atoms with Crippen molar-refractivity contribution in [3.63, 3.8) is 0 Å². The molecule has 0 aliphatic carbocycles. The highest BCUT2D eigenvalue weighted by atomic mass is 16.5. The van der Waals surface area contributed by atoms with Crippen molar-refractivity contribution in [3.8, 4) is 40.1 Å². The molecule has 0 aliphatic heterocycles. The van der Waals surface area contributed by atoms with Gasteiger partial charge in [-0.1, -0.05) is 0 Å². The summed E-state index contributed by atoms with van der Waals surface area (Å²) in [4.78, 5) is 11.7. The normalized spacial score (nSPS) is 10.7. The number of fused-ring (bicyclic) bond motifs is 1. The van der Waals surface area contributed by atoms with E-state index in [0.717, 1.165) is 0 Å². The van der Waals surface area contributed by atoms with Gasteiger partial charge in [-0.05, 0) is 12.1 Å². The maximum atomic E-state index is 11.7. The smallest absolute Gasteiger partial charge is 0.201 e. The van der Waals surface area contributed by atoms with Crippen molar-refractivity contribution in [1.82, 2.24) is 0 Å². The zero-order chi connectivity index (χ0) is 18.1. The van der Waals surface area contributed by atoms with Gasteiger partial charge in [0, 0.05) is 12.1 Å². The number of hydrogen-bond donors (Lipinski definition) is 2. The summed E-state index contributed by atoms with van der Waals surface area (Å²) in [5.41, 5.74) is 0.752. The molecule has 0 saturated carbocycles. The van der Waals surface area contributed by atoms with Gasteiger partial charge in [0.25, 0.3) is 0 Å². The maximum absolute atomic E-state index is 11.7. The van der Waals surface area contributed by atoms with E-state index in [0.29, 0.717) is 17.6 Å². The fraction of sp³-hybridized carbons (Fsp3) is 0.167. The number of ether oxygens (including phenoxy) is 3. The topological polar surface area (TPSA) is 98.4 Å². The summed E-state index contributed by atoms with van der Waals surface area (Å²) in [7, 11) is 4.24. The first-order chi connectivity index (χ1) is 12.0. The maximum Gasteiger partial charge on any atom is 0.201 e. The van der Waals surface area contributed by atoms with E-state index < -0.39 is 0 Å². The highest BCUT2D eigenvalue weighted by Gasteiger charge is 2.24. The van der Waals surface area contributed by atoms with Crippen LogP contribution in [0, 0.1) is 0 Å². The number of aldehydes is 1. The Morgan fingerprint density at radius 1 is 1.04 bits per heavy atom. The highest BCUT2D eigenvalue weighted by molar-refractivity contribution is 6.06. The van der Waals surface area contributed by atoms with Crippen molar-refractivity contribution < 1.29 is 33.6 Å². The van der Waals surface area contributed by atoms with Crippen molar-refractivity contribution in [2.24, 2.45) is 0 Å². The second-order valence-corrected chi connectivity index (χ2v) is 5.18. The van der Waals surface area contributed by atoms with E-state index in [-0.39, 0.29) is 45.3 Å². The fourth-order valence-corrected chi connectivity index (χ4v) is 2.74. The number of rotatable bonds is 5. The average molecular weight is 344 g/mol. The lowest BCUT2D eigenvalue weighted by Gasteiger charge is -2.11. The van der Waals surface area contributed by atoms with Crippen LogP contribution in [0.25, 0.3) is 22.3 Å². The van der Waals surface area contributed by atoms with Crippen LogP contribution in [0.1, 0.15) is 10.4 Å². The number of carbonyl (C=O) groups is 1. The third-order valence-corrected chi connectivity index (χ3v) is 3.90. The minimum atomic E-state index is -0.221. The van der Waals surface area contributed by atoms with Crippen LogP contribution in [0.4, 0.5) is 0 Å². The monoisotopic (exact) mass is 344 g/mol. The van der Waals surface area contributed by atoms with Crippen LogP contribution >= 0.6 is 0 Å². The number of methoxy groups -OCH3 is 3. The summed E-state index contributed by atoms with van der Waals surface area (Å²) in [5.74, 6) is 0.474. The van der Waals surface area contributed by atoms with Crippen LogP contribution in [0.2, 0.25) is 0 Å². The number of phenolic OH excluding ortho intramolecular Hbond substituents is 2. The van der Waals surface area contributed by atoms with E-state index in [2.05, 4.69) is 0 Å². The van der Waals surface area contributed by atoms with Crippen molar-refractivity contribution in [1.29, 1.82) is 0 Å². The molecule has 7 nitrogen and oxygen atoms in total. The summed E-state index contributed by atoms with van der Waals surface area (Å²) >= 11 is 0. The summed E-state index contributed by atoms with van der Waals surface area (Å²) in [6.45, 7) is 0. The van der Waals surface area contributed by atoms with Gasteiger partial charge in [0.2, 0.25) is 5.75 Å². The van der Waals surface area contributed by atoms with E-state index in [1.807, 2.05) is 0 Å². The van der Waals surface area contributed by atoms with Crippen LogP contribution in [0.3, 0.4) is 0 Å². The Balaban J connectivity index is 2.35. The molecule has 1 heterocycles. The predicted molar refractivity (Wildman–Crippen MR) is 90.0 cm³/mol. The molecule has 7 heteroatoms. The van der Waals surface area contributed by atoms with Crippen LogP contribution in [-0.4, -0.2) is 37.8 Å². The first-order valence-electron chi connectivity index (χ1n) is 7.28.